The Labute approximate surface area is 127 Å². The first kappa shape index (κ1) is 18.0. The van der Waals surface area contributed by atoms with Crippen LogP contribution in [-0.4, -0.2) is 36.1 Å². The normalized spacial score (nSPS) is 27.9. The number of hydrogen-bond donors (Lipinski definition) is 1. The Morgan fingerprint density at radius 2 is 1.65 bits per heavy atom. The third kappa shape index (κ3) is 5.73. The molecule has 1 rings (SSSR count). The van der Waals surface area contributed by atoms with Crippen molar-refractivity contribution in [3.8, 4) is 0 Å². The van der Waals surface area contributed by atoms with Gasteiger partial charge in [0.25, 0.3) is 0 Å². The lowest BCUT2D eigenvalue weighted by Gasteiger charge is -2.48. The fourth-order valence-corrected chi connectivity index (χ4v) is 3.27. The van der Waals surface area contributed by atoms with Crippen LogP contribution in [0.25, 0.3) is 0 Å². The van der Waals surface area contributed by atoms with Gasteiger partial charge in [0.2, 0.25) is 0 Å². The van der Waals surface area contributed by atoms with Gasteiger partial charge in [0.05, 0.1) is 0 Å². The second-order valence-corrected chi connectivity index (χ2v) is 6.90. The van der Waals surface area contributed by atoms with Crippen LogP contribution in [0.1, 0.15) is 85.5 Å². The maximum absolute atomic E-state index is 3.72. The number of piperazine rings is 1. The maximum Gasteiger partial charge on any atom is 0.0303 e. The summed E-state index contributed by atoms with van der Waals surface area (Å²) in [7, 11) is 0. The van der Waals surface area contributed by atoms with Crippen LogP contribution < -0.4 is 5.32 Å². The summed E-state index contributed by atoms with van der Waals surface area (Å²) >= 11 is 0. The first-order chi connectivity index (χ1) is 9.66. The minimum absolute atomic E-state index is 0.383. The minimum atomic E-state index is 0.383. The molecule has 1 saturated heterocycles. The van der Waals surface area contributed by atoms with Gasteiger partial charge in [-0.1, -0.05) is 59.3 Å². The fourth-order valence-electron chi connectivity index (χ4n) is 3.27. The van der Waals surface area contributed by atoms with E-state index in [4.69, 9.17) is 0 Å². The van der Waals surface area contributed by atoms with Crippen molar-refractivity contribution in [2.24, 2.45) is 0 Å². The molecule has 0 spiro atoms. The van der Waals surface area contributed by atoms with Gasteiger partial charge in [-0.2, -0.15) is 0 Å². The molecule has 0 aliphatic carbocycles. The van der Waals surface area contributed by atoms with Gasteiger partial charge < -0.3 is 5.32 Å². The molecule has 0 aromatic carbocycles. The number of nitrogens with one attached hydrogen (secondary N) is 1. The predicted molar refractivity (Wildman–Crippen MR) is 90.3 cm³/mol. The zero-order chi connectivity index (χ0) is 14.8. The van der Waals surface area contributed by atoms with Gasteiger partial charge in [-0.25, -0.2) is 0 Å². The lowest BCUT2D eigenvalue weighted by molar-refractivity contribution is 0.0465. The Morgan fingerprint density at radius 1 is 1.00 bits per heavy atom. The molecule has 2 nitrogen and oxygen atoms in total. The van der Waals surface area contributed by atoms with Crippen LogP contribution in [0, 0.1) is 0 Å². The van der Waals surface area contributed by atoms with Crippen LogP contribution in [0.3, 0.4) is 0 Å². The molecule has 2 atom stereocenters. The molecule has 0 radical (unpaired) electrons. The van der Waals surface area contributed by atoms with Crippen molar-refractivity contribution >= 4 is 0 Å². The Bertz CT molecular complexity index is 242. The molecule has 20 heavy (non-hydrogen) atoms. The smallest absolute Gasteiger partial charge is 0.0303 e. The van der Waals surface area contributed by atoms with Gasteiger partial charge >= 0.3 is 0 Å². The Morgan fingerprint density at radius 3 is 2.25 bits per heavy atom. The lowest BCUT2D eigenvalue weighted by atomic mass is 9.91. The molecule has 2 heteroatoms. The molecule has 1 aliphatic heterocycles. The van der Waals surface area contributed by atoms with Gasteiger partial charge in [0, 0.05) is 24.7 Å². The summed E-state index contributed by atoms with van der Waals surface area (Å²) in [4.78, 5) is 2.77. The van der Waals surface area contributed by atoms with Crippen molar-refractivity contribution in [1.29, 1.82) is 0 Å². The summed E-state index contributed by atoms with van der Waals surface area (Å²) < 4.78 is 0. The van der Waals surface area contributed by atoms with Crippen molar-refractivity contribution in [3.63, 3.8) is 0 Å². The van der Waals surface area contributed by atoms with Crippen molar-refractivity contribution in [2.75, 3.05) is 19.6 Å². The lowest BCUT2D eigenvalue weighted by Crippen LogP contribution is -2.63. The summed E-state index contributed by atoms with van der Waals surface area (Å²) in [6.45, 7) is 13.1. The van der Waals surface area contributed by atoms with Crippen LogP contribution in [0.5, 0.6) is 0 Å². The molecular formula is C18H38N2. The second kappa shape index (κ2) is 9.78. The zero-order valence-electron chi connectivity index (χ0n) is 14.5. The van der Waals surface area contributed by atoms with E-state index >= 15 is 0 Å². The number of rotatable bonds is 10. The molecule has 0 aromatic heterocycles. The summed E-state index contributed by atoms with van der Waals surface area (Å²) in [6, 6.07) is 0.708. The highest BCUT2D eigenvalue weighted by molar-refractivity contribution is 4.94. The van der Waals surface area contributed by atoms with E-state index in [2.05, 4.69) is 37.9 Å². The van der Waals surface area contributed by atoms with Gasteiger partial charge in [0.1, 0.15) is 0 Å². The zero-order valence-corrected chi connectivity index (χ0v) is 14.5. The van der Waals surface area contributed by atoms with Gasteiger partial charge in [0.15, 0.2) is 0 Å². The molecule has 0 amide bonds. The molecule has 1 fully saturated rings. The van der Waals surface area contributed by atoms with Crippen LogP contribution in [-0.2, 0) is 0 Å². The van der Waals surface area contributed by atoms with E-state index in [1.165, 1.54) is 77.4 Å². The van der Waals surface area contributed by atoms with Gasteiger partial charge in [-0.05, 0) is 32.7 Å². The van der Waals surface area contributed by atoms with E-state index in [0.717, 1.165) is 0 Å². The third-order valence-electron chi connectivity index (χ3n) is 5.26. The second-order valence-electron chi connectivity index (χ2n) is 6.90. The third-order valence-corrected chi connectivity index (χ3v) is 5.26. The fraction of sp³-hybridized carbons (Fsp3) is 1.00. The molecule has 0 aromatic rings. The Balaban J connectivity index is 2.24. The highest BCUT2D eigenvalue weighted by Crippen LogP contribution is 2.24. The SMILES string of the molecule is CCCCCCCCCN1CC(CC)NCC1(C)CC. The van der Waals surface area contributed by atoms with E-state index in [9.17, 15) is 0 Å². The molecule has 0 saturated carbocycles. The van der Waals surface area contributed by atoms with Gasteiger partial charge in [-0.3, -0.25) is 4.90 Å². The molecule has 1 N–H and O–H groups in total. The topological polar surface area (TPSA) is 15.3 Å². The van der Waals surface area contributed by atoms with E-state index in [1.807, 2.05) is 0 Å². The van der Waals surface area contributed by atoms with Crippen molar-refractivity contribution in [2.45, 2.75) is 97.1 Å². The van der Waals surface area contributed by atoms with Crippen molar-refractivity contribution < 1.29 is 0 Å². The van der Waals surface area contributed by atoms with Crippen LogP contribution in [0.15, 0.2) is 0 Å². The van der Waals surface area contributed by atoms with Crippen LogP contribution in [0.2, 0.25) is 0 Å². The summed E-state index contributed by atoms with van der Waals surface area (Å²) in [5.74, 6) is 0. The molecule has 0 bridgehead atoms. The maximum atomic E-state index is 3.72. The number of hydrogen-bond acceptors (Lipinski definition) is 2. The highest BCUT2D eigenvalue weighted by Gasteiger charge is 2.35. The van der Waals surface area contributed by atoms with E-state index in [-0.39, 0.29) is 0 Å². The molecule has 1 aliphatic rings. The van der Waals surface area contributed by atoms with E-state index in [1.54, 1.807) is 0 Å². The minimum Gasteiger partial charge on any atom is -0.311 e. The molecule has 1 heterocycles. The number of unbranched alkanes of at least 4 members (excludes halogenated alkanes) is 6. The van der Waals surface area contributed by atoms with Crippen LogP contribution in [0.4, 0.5) is 0 Å². The van der Waals surface area contributed by atoms with E-state index < -0.39 is 0 Å². The summed E-state index contributed by atoms with van der Waals surface area (Å²) in [5.41, 5.74) is 0.383. The van der Waals surface area contributed by atoms with E-state index in [0.29, 0.717) is 11.6 Å². The average Bonchev–Trinajstić information content (AvgIpc) is 2.48. The van der Waals surface area contributed by atoms with Gasteiger partial charge in [-0.15, -0.1) is 0 Å². The predicted octanol–water partition coefficient (Wildman–Crippen LogP) is 4.59. The first-order valence-electron chi connectivity index (χ1n) is 9.14. The monoisotopic (exact) mass is 282 g/mol. The van der Waals surface area contributed by atoms with Crippen LogP contribution >= 0.6 is 0 Å². The summed E-state index contributed by atoms with van der Waals surface area (Å²) in [5, 5.41) is 3.72. The van der Waals surface area contributed by atoms with Crippen molar-refractivity contribution in [3.05, 3.63) is 0 Å². The molecular weight excluding hydrogens is 244 g/mol. The largest absolute Gasteiger partial charge is 0.311 e. The molecule has 120 valence electrons. The molecule has 2 unspecified atom stereocenters. The standard InChI is InChI=1S/C18H38N2/c1-5-8-9-10-11-12-13-14-20-15-17(6-2)19-16-18(20,4)7-3/h17,19H,5-16H2,1-4H3. The summed E-state index contributed by atoms with van der Waals surface area (Å²) in [6.07, 6.45) is 12.4. The Kier molecular flexibility index (Phi) is 8.79. The Hall–Kier alpha value is -0.0800. The quantitative estimate of drug-likeness (QED) is 0.590. The first-order valence-corrected chi connectivity index (χ1v) is 9.14. The van der Waals surface area contributed by atoms with Crippen molar-refractivity contribution in [1.82, 2.24) is 10.2 Å². The average molecular weight is 283 g/mol. The highest BCUT2D eigenvalue weighted by atomic mass is 15.3. The number of nitrogens with zero attached hydrogens (tertiary/aromatic N) is 1.